The Balaban J connectivity index is 0.00000288. The highest BCUT2D eigenvalue weighted by atomic mass is 35.5. The molecule has 5 heteroatoms. The molecule has 1 aromatic rings. The largest absolute Gasteiger partial charge is 0.483 e. The van der Waals surface area contributed by atoms with Crippen molar-refractivity contribution in [2.75, 3.05) is 26.2 Å². The lowest BCUT2D eigenvalue weighted by Crippen LogP contribution is -2.34. The van der Waals surface area contributed by atoms with Crippen molar-refractivity contribution in [3.8, 4) is 5.75 Å². The molecule has 1 saturated heterocycles. The molecular formula is C19H31ClN2O2. The van der Waals surface area contributed by atoms with Gasteiger partial charge in [0.25, 0.3) is 5.91 Å². The van der Waals surface area contributed by atoms with Gasteiger partial charge in [-0.15, -0.1) is 12.4 Å². The third kappa shape index (κ3) is 6.70. The van der Waals surface area contributed by atoms with Crippen LogP contribution in [-0.2, 0) is 4.79 Å². The lowest BCUT2D eigenvalue weighted by molar-refractivity contribution is -0.123. The highest BCUT2D eigenvalue weighted by molar-refractivity contribution is 5.85. The summed E-state index contributed by atoms with van der Waals surface area (Å²) in [7, 11) is 0. The van der Waals surface area contributed by atoms with Gasteiger partial charge in [-0.3, -0.25) is 4.79 Å². The quantitative estimate of drug-likeness (QED) is 0.751. The summed E-state index contributed by atoms with van der Waals surface area (Å²) in [6.45, 7) is 7.38. The maximum atomic E-state index is 12.0. The van der Waals surface area contributed by atoms with Gasteiger partial charge in [-0.2, -0.15) is 0 Å². The lowest BCUT2D eigenvalue weighted by Gasteiger charge is -2.22. The zero-order chi connectivity index (χ0) is 16.5. The third-order valence-electron chi connectivity index (χ3n) is 4.69. The second kappa shape index (κ2) is 11.3. The number of carbonyl (C=O) groups is 1. The van der Waals surface area contributed by atoms with Crippen LogP contribution in [0.4, 0.5) is 0 Å². The van der Waals surface area contributed by atoms with Gasteiger partial charge in [0.2, 0.25) is 0 Å². The van der Waals surface area contributed by atoms with Crippen LogP contribution in [0.1, 0.15) is 51.0 Å². The number of para-hydroxylation sites is 1. The number of hydrogen-bond acceptors (Lipinski definition) is 3. The molecule has 1 aliphatic rings. The molecule has 24 heavy (non-hydrogen) atoms. The Hall–Kier alpha value is -1.26. The molecule has 2 N–H and O–H groups in total. The zero-order valence-corrected chi connectivity index (χ0v) is 15.7. The van der Waals surface area contributed by atoms with Gasteiger partial charge in [-0.05, 0) is 62.2 Å². The SMILES string of the molecule is CCC(C)c1ccccc1OCC(=O)NCCC1CCCNC1.Cl. The Kier molecular flexibility index (Phi) is 9.80. The number of hydrogen-bond donors (Lipinski definition) is 2. The van der Waals surface area contributed by atoms with Gasteiger partial charge in [0.1, 0.15) is 5.75 Å². The Morgan fingerprint density at radius 3 is 2.92 bits per heavy atom. The van der Waals surface area contributed by atoms with E-state index in [1.165, 1.54) is 18.4 Å². The monoisotopic (exact) mass is 354 g/mol. The second-order valence-corrected chi connectivity index (χ2v) is 6.49. The standard InChI is InChI=1S/C19H30N2O2.ClH/c1-3-15(2)17-8-4-5-9-18(17)23-14-19(22)21-12-10-16-7-6-11-20-13-16;/h4-5,8-9,15-16,20H,3,6-7,10-14H2,1-2H3,(H,21,22);1H. The maximum Gasteiger partial charge on any atom is 0.257 e. The molecule has 1 heterocycles. The number of carbonyl (C=O) groups excluding carboxylic acids is 1. The summed E-state index contributed by atoms with van der Waals surface area (Å²) in [5, 5.41) is 6.38. The maximum absolute atomic E-state index is 12.0. The summed E-state index contributed by atoms with van der Waals surface area (Å²) in [4.78, 5) is 12.0. The Morgan fingerprint density at radius 2 is 2.21 bits per heavy atom. The summed E-state index contributed by atoms with van der Waals surface area (Å²) in [5.74, 6) is 1.92. The molecule has 0 saturated carbocycles. The van der Waals surface area contributed by atoms with E-state index in [1.807, 2.05) is 18.2 Å². The molecule has 2 unspecified atom stereocenters. The van der Waals surface area contributed by atoms with E-state index in [0.29, 0.717) is 11.8 Å². The van der Waals surface area contributed by atoms with Crippen molar-refractivity contribution in [3.63, 3.8) is 0 Å². The van der Waals surface area contributed by atoms with Crippen LogP contribution in [0, 0.1) is 5.92 Å². The van der Waals surface area contributed by atoms with Crippen LogP contribution in [0.2, 0.25) is 0 Å². The molecule has 2 rings (SSSR count). The van der Waals surface area contributed by atoms with Crippen molar-refractivity contribution in [2.24, 2.45) is 5.92 Å². The van der Waals surface area contributed by atoms with E-state index < -0.39 is 0 Å². The lowest BCUT2D eigenvalue weighted by atomic mass is 9.96. The smallest absolute Gasteiger partial charge is 0.257 e. The molecule has 0 aromatic heterocycles. The normalized spacial score (nSPS) is 18.3. The van der Waals surface area contributed by atoms with E-state index in [0.717, 1.165) is 38.2 Å². The molecule has 1 aromatic carbocycles. The van der Waals surface area contributed by atoms with Crippen LogP contribution >= 0.6 is 12.4 Å². The number of piperidine rings is 1. The average molecular weight is 355 g/mol. The number of benzene rings is 1. The van der Waals surface area contributed by atoms with Crippen LogP contribution < -0.4 is 15.4 Å². The van der Waals surface area contributed by atoms with Crippen LogP contribution in [0.15, 0.2) is 24.3 Å². The molecule has 136 valence electrons. The molecule has 1 amide bonds. The summed E-state index contributed by atoms with van der Waals surface area (Å²) < 4.78 is 5.74. The average Bonchev–Trinajstić information content (AvgIpc) is 2.60. The predicted molar refractivity (Wildman–Crippen MR) is 101 cm³/mol. The predicted octanol–water partition coefficient (Wildman–Crippen LogP) is 3.51. The molecule has 1 aliphatic heterocycles. The van der Waals surface area contributed by atoms with Gasteiger partial charge < -0.3 is 15.4 Å². The number of rotatable bonds is 8. The van der Waals surface area contributed by atoms with Gasteiger partial charge in [0, 0.05) is 6.54 Å². The Labute approximate surface area is 152 Å². The summed E-state index contributed by atoms with van der Waals surface area (Å²) in [5.41, 5.74) is 1.18. The zero-order valence-electron chi connectivity index (χ0n) is 14.8. The van der Waals surface area contributed by atoms with Gasteiger partial charge in [-0.1, -0.05) is 32.0 Å². The highest BCUT2D eigenvalue weighted by Gasteiger charge is 2.14. The van der Waals surface area contributed by atoms with Gasteiger partial charge >= 0.3 is 0 Å². The highest BCUT2D eigenvalue weighted by Crippen LogP contribution is 2.28. The first kappa shape index (κ1) is 20.8. The molecule has 0 aliphatic carbocycles. The Bertz CT molecular complexity index is 490. The molecule has 4 nitrogen and oxygen atoms in total. The van der Waals surface area contributed by atoms with Crippen molar-refractivity contribution in [1.82, 2.24) is 10.6 Å². The van der Waals surface area contributed by atoms with E-state index in [9.17, 15) is 4.79 Å². The minimum Gasteiger partial charge on any atom is -0.483 e. The third-order valence-corrected chi connectivity index (χ3v) is 4.69. The molecule has 0 spiro atoms. The summed E-state index contributed by atoms with van der Waals surface area (Å²) in [6.07, 6.45) is 4.61. The first-order chi connectivity index (χ1) is 11.2. The van der Waals surface area contributed by atoms with Crippen LogP contribution in [0.25, 0.3) is 0 Å². The van der Waals surface area contributed by atoms with E-state index in [1.54, 1.807) is 0 Å². The topological polar surface area (TPSA) is 50.4 Å². The summed E-state index contributed by atoms with van der Waals surface area (Å²) >= 11 is 0. The molecule has 0 bridgehead atoms. The van der Waals surface area contributed by atoms with Crippen molar-refractivity contribution < 1.29 is 9.53 Å². The first-order valence-electron chi connectivity index (χ1n) is 8.89. The number of halogens is 1. The van der Waals surface area contributed by atoms with Crippen molar-refractivity contribution >= 4 is 18.3 Å². The molecular weight excluding hydrogens is 324 g/mol. The molecule has 2 atom stereocenters. The van der Waals surface area contributed by atoms with Crippen LogP contribution in [-0.4, -0.2) is 32.1 Å². The fourth-order valence-electron chi connectivity index (χ4n) is 3.02. The number of nitrogens with one attached hydrogen (secondary N) is 2. The minimum atomic E-state index is -0.0345. The fraction of sp³-hybridized carbons (Fsp3) is 0.632. The van der Waals surface area contributed by atoms with Crippen molar-refractivity contribution in [1.29, 1.82) is 0 Å². The Morgan fingerprint density at radius 1 is 1.42 bits per heavy atom. The van der Waals surface area contributed by atoms with Gasteiger partial charge in [-0.25, -0.2) is 0 Å². The molecule has 1 fully saturated rings. The van der Waals surface area contributed by atoms with Crippen LogP contribution in [0.5, 0.6) is 5.75 Å². The van der Waals surface area contributed by atoms with Gasteiger partial charge in [0.15, 0.2) is 6.61 Å². The molecule has 0 radical (unpaired) electrons. The fourth-order valence-corrected chi connectivity index (χ4v) is 3.02. The van der Waals surface area contributed by atoms with E-state index in [-0.39, 0.29) is 24.9 Å². The number of amides is 1. The van der Waals surface area contributed by atoms with E-state index in [4.69, 9.17) is 4.74 Å². The van der Waals surface area contributed by atoms with E-state index in [2.05, 4.69) is 30.5 Å². The van der Waals surface area contributed by atoms with Crippen molar-refractivity contribution in [3.05, 3.63) is 29.8 Å². The van der Waals surface area contributed by atoms with Crippen LogP contribution in [0.3, 0.4) is 0 Å². The summed E-state index contributed by atoms with van der Waals surface area (Å²) in [6, 6.07) is 8.00. The first-order valence-corrected chi connectivity index (χ1v) is 8.89. The minimum absolute atomic E-state index is 0. The van der Waals surface area contributed by atoms with E-state index >= 15 is 0 Å². The number of ether oxygens (including phenoxy) is 1. The van der Waals surface area contributed by atoms with Gasteiger partial charge in [0.05, 0.1) is 0 Å². The second-order valence-electron chi connectivity index (χ2n) is 6.49. The van der Waals surface area contributed by atoms with Crippen molar-refractivity contribution in [2.45, 2.75) is 45.4 Å².